The minimum Gasteiger partial charge on any atom is -0.464 e. The van der Waals surface area contributed by atoms with Crippen LogP contribution in [0.25, 0.3) is 0 Å². The lowest BCUT2D eigenvalue weighted by Gasteiger charge is -2.28. The highest BCUT2D eigenvalue weighted by Gasteiger charge is 2.32. The molecular formula is C15H28ClNO4. The van der Waals surface area contributed by atoms with E-state index in [1.807, 2.05) is 13.8 Å². The Bertz CT molecular complexity index is 321. The van der Waals surface area contributed by atoms with Crippen LogP contribution in [-0.4, -0.2) is 49.1 Å². The first-order chi connectivity index (χ1) is 9.81. The minimum atomic E-state index is -0.646. The first kappa shape index (κ1) is 20.0. The molecule has 5 nitrogen and oxygen atoms in total. The van der Waals surface area contributed by atoms with Crippen molar-refractivity contribution in [1.29, 1.82) is 0 Å². The van der Waals surface area contributed by atoms with E-state index in [0.717, 1.165) is 12.8 Å². The lowest BCUT2D eigenvalue weighted by Crippen LogP contribution is -2.47. The van der Waals surface area contributed by atoms with Gasteiger partial charge in [0.2, 0.25) is 0 Å². The molecule has 0 N–H and O–H groups in total. The number of nitrogens with zero attached hydrogens (tertiary/aromatic N) is 1. The van der Waals surface area contributed by atoms with Crippen LogP contribution in [-0.2, 0) is 14.3 Å². The lowest BCUT2D eigenvalue weighted by molar-refractivity contribution is -0.150. The summed E-state index contributed by atoms with van der Waals surface area (Å²) in [5.41, 5.74) is 0. The summed E-state index contributed by atoms with van der Waals surface area (Å²) < 4.78 is 10.2. The van der Waals surface area contributed by atoms with Crippen LogP contribution < -0.4 is 0 Å². The van der Waals surface area contributed by atoms with Crippen molar-refractivity contribution in [2.75, 3.05) is 26.1 Å². The number of amides is 1. The Morgan fingerprint density at radius 3 is 2.19 bits per heavy atom. The highest BCUT2D eigenvalue weighted by Crippen LogP contribution is 2.13. The zero-order valence-electron chi connectivity index (χ0n) is 13.7. The van der Waals surface area contributed by atoms with Gasteiger partial charge in [0.25, 0.3) is 0 Å². The number of alkyl halides is 1. The molecule has 0 bridgehead atoms. The summed E-state index contributed by atoms with van der Waals surface area (Å²) >= 11 is 5.48. The highest BCUT2D eigenvalue weighted by molar-refractivity contribution is 6.18. The lowest BCUT2D eigenvalue weighted by atomic mass is 10.0. The molecule has 0 aliphatic heterocycles. The topological polar surface area (TPSA) is 55.8 Å². The second-order valence-electron chi connectivity index (χ2n) is 5.81. The second-order valence-corrected chi connectivity index (χ2v) is 6.18. The summed E-state index contributed by atoms with van der Waals surface area (Å²) in [7, 11) is 1.54. The molecule has 0 spiro atoms. The number of carbonyl (C=O) groups is 2. The van der Waals surface area contributed by atoms with E-state index in [1.165, 1.54) is 11.9 Å². The maximum atomic E-state index is 12.2. The third-order valence-corrected chi connectivity index (χ3v) is 3.21. The van der Waals surface area contributed by atoms with Gasteiger partial charge in [-0.15, -0.1) is 11.6 Å². The fourth-order valence-electron chi connectivity index (χ4n) is 1.97. The molecular weight excluding hydrogens is 294 g/mol. The van der Waals surface area contributed by atoms with E-state index in [1.54, 1.807) is 0 Å². The maximum Gasteiger partial charge on any atom is 0.410 e. The van der Waals surface area contributed by atoms with Gasteiger partial charge in [-0.1, -0.05) is 27.7 Å². The molecule has 1 unspecified atom stereocenters. The zero-order valence-corrected chi connectivity index (χ0v) is 14.5. The summed E-state index contributed by atoms with van der Waals surface area (Å²) in [6.45, 7) is 8.49. The Kier molecular flexibility index (Phi) is 10.2. The maximum absolute atomic E-state index is 12.2. The van der Waals surface area contributed by atoms with Gasteiger partial charge < -0.3 is 9.47 Å². The first-order valence-electron chi connectivity index (χ1n) is 7.43. The highest BCUT2D eigenvalue weighted by atomic mass is 35.5. The van der Waals surface area contributed by atoms with Gasteiger partial charge in [-0.25, -0.2) is 9.59 Å². The Labute approximate surface area is 132 Å². The molecule has 21 heavy (non-hydrogen) atoms. The molecule has 6 heteroatoms. The molecule has 1 atom stereocenters. The molecule has 0 rings (SSSR count). The van der Waals surface area contributed by atoms with E-state index in [9.17, 15) is 9.59 Å². The molecule has 0 aromatic carbocycles. The molecule has 124 valence electrons. The number of rotatable bonds is 9. The number of hydrogen-bond donors (Lipinski definition) is 0. The Morgan fingerprint density at radius 1 is 1.10 bits per heavy atom. The third kappa shape index (κ3) is 8.15. The van der Waals surface area contributed by atoms with Gasteiger partial charge in [-0.3, -0.25) is 4.90 Å². The molecule has 1 amide bonds. The molecule has 0 fully saturated rings. The Hall–Kier alpha value is -0.970. The summed E-state index contributed by atoms with van der Waals surface area (Å²) in [4.78, 5) is 25.2. The summed E-state index contributed by atoms with van der Waals surface area (Å²) in [5.74, 6) is 0.360. The Balaban J connectivity index is 4.44. The van der Waals surface area contributed by atoms with Crippen LogP contribution in [0.1, 0.15) is 40.5 Å². The average Bonchev–Trinajstić information content (AvgIpc) is 2.40. The van der Waals surface area contributed by atoms with Crippen LogP contribution in [0.3, 0.4) is 0 Å². The molecule has 0 aromatic rings. The molecule has 0 heterocycles. The molecule has 0 aliphatic carbocycles. The molecule has 0 radical (unpaired) electrons. The van der Waals surface area contributed by atoms with Crippen molar-refractivity contribution >= 4 is 23.7 Å². The van der Waals surface area contributed by atoms with Crippen molar-refractivity contribution < 1.29 is 19.1 Å². The third-order valence-electron chi connectivity index (χ3n) is 3.05. The predicted octanol–water partition coefficient (Wildman–Crippen LogP) is 3.30. The van der Waals surface area contributed by atoms with Crippen LogP contribution in [0, 0.1) is 11.8 Å². The Morgan fingerprint density at radius 2 is 1.71 bits per heavy atom. The van der Waals surface area contributed by atoms with Gasteiger partial charge in [0, 0.05) is 7.05 Å². The quantitative estimate of drug-likeness (QED) is 0.371. The molecule has 0 aromatic heterocycles. The van der Waals surface area contributed by atoms with Gasteiger partial charge in [-0.05, 0) is 24.7 Å². The first-order valence-corrected chi connectivity index (χ1v) is 7.96. The van der Waals surface area contributed by atoms with Crippen molar-refractivity contribution in [3.63, 3.8) is 0 Å². The fraction of sp³-hybridized carbons (Fsp3) is 0.867. The molecule has 0 saturated heterocycles. The van der Waals surface area contributed by atoms with Crippen LogP contribution in [0.4, 0.5) is 4.79 Å². The fourth-order valence-corrected chi connectivity index (χ4v) is 2.05. The zero-order chi connectivity index (χ0) is 16.4. The summed E-state index contributed by atoms with van der Waals surface area (Å²) in [6.07, 6.45) is 1.27. The van der Waals surface area contributed by atoms with E-state index in [-0.39, 0.29) is 24.4 Å². The molecule has 0 saturated carbocycles. The minimum absolute atomic E-state index is 0.0591. The van der Waals surface area contributed by atoms with Crippen molar-refractivity contribution in [2.45, 2.75) is 46.6 Å². The van der Waals surface area contributed by atoms with Gasteiger partial charge >= 0.3 is 12.1 Å². The van der Waals surface area contributed by atoms with Crippen molar-refractivity contribution in [3.8, 4) is 0 Å². The number of carbonyl (C=O) groups excluding carboxylic acids is 2. The van der Waals surface area contributed by atoms with Crippen molar-refractivity contribution in [1.82, 2.24) is 4.90 Å². The summed E-state index contributed by atoms with van der Waals surface area (Å²) in [5, 5.41) is 0. The van der Waals surface area contributed by atoms with Crippen LogP contribution in [0.5, 0.6) is 0 Å². The van der Waals surface area contributed by atoms with Gasteiger partial charge in [-0.2, -0.15) is 0 Å². The number of hydrogen-bond acceptors (Lipinski definition) is 4. The van der Waals surface area contributed by atoms with E-state index in [0.29, 0.717) is 12.5 Å². The smallest absolute Gasteiger partial charge is 0.410 e. The van der Waals surface area contributed by atoms with Gasteiger partial charge in [0.1, 0.15) is 12.6 Å². The average molecular weight is 322 g/mol. The number of likely N-dealkylation sites (N-methyl/N-ethyl adjacent to an activating group) is 1. The SMILES string of the molecule is CC(C)CCCOC(=O)C(C(C)C)N(C)C(=O)OCCCl. The van der Waals surface area contributed by atoms with E-state index < -0.39 is 12.1 Å². The van der Waals surface area contributed by atoms with Crippen LogP contribution in [0.2, 0.25) is 0 Å². The van der Waals surface area contributed by atoms with Crippen molar-refractivity contribution in [2.24, 2.45) is 11.8 Å². The van der Waals surface area contributed by atoms with Crippen LogP contribution in [0.15, 0.2) is 0 Å². The number of ether oxygens (including phenoxy) is 2. The van der Waals surface area contributed by atoms with Gasteiger partial charge in [0.15, 0.2) is 0 Å². The predicted molar refractivity (Wildman–Crippen MR) is 83.5 cm³/mol. The largest absolute Gasteiger partial charge is 0.464 e. The van der Waals surface area contributed by atoms with E-state index in [4.69, 9.17) is 21.1 Å². The van der Waals surface area contributed by atoms with E-state index >= 15 is 0 Å². The monoisotopic (exact) mass is 321 g/mol. The molecule has 0 aliphatic rings. The van der Waals surface area contributed by atoms with E-state index in [2.05, 4.69) is 13.8 Å². The normalized spacial score (nSPS) is 12.4. The second kappa shape index (κ2) is 10.7. The standard InChI is InChI=1S/C15H28ClNO4/c1-11(2)7-6-9-20-14(18)13(12(3)4)17(5)15(19)21-10-8-16/h11-13H,6-10H2,1-5H3. The van der Waals surface area contributed by atoms with Crippen molar-refractivity contribution in [3.05, 3.63) is 0 Å². The van der Waals surface area contributed by atoms with Gasteiger partial charge in [0.05, 0.1) is 12.5 Å². The number of halogens is 1. The van der Waals surface area contributed by atoms with Crippen LogP contribution >= 0.6 is 11.6 Å². The summed E-state index contributed by atoms with van der Waals surface area (Å²) in [6, 6.07) is -0.646. The number of esters is 1.